The van der Waals surface area contributed by atoms with E-state index >= 15 is 0 Å². The number of aryl methyl sites for hydroxylation is 2. The first kappa shape index (κ1) is 12.9. The van der Waals surface area contributed by atoms with Gasteiger partial charge in [-0.2, -0.15) is 13.2 Å². The molecule has 0 unspecified atom stereocenters. The smallest absolute Gasteiger partial charge is 0.229 e. The number of nitrogens with zero attached hydrogens (tertiary/aromatic N) is 2. The molecule has 0 saturated heterocycles. The molecule has 0 atom stereocenters. The summed E-state index contributed by atoms with van der Waals surface area (Å²) in [7, 11) is 0. The molecule has 0 amide bonds. The number of halogens is 3. The van der Waals surface area contributed by atoms with E-state index < -0.39 is 12.0 Å². The predicted octanol–water partition coefficient (Wildman–Crippen LogP) is 3.41. The maximum atomic E-state index is 12.5. The highest BCUT2D eigenvalue weighted by atomic mass is 19.4. The zero-order chi connectivity index (χ0) is 12.7. The molecule has 0 radical (unpaired) electrons. The Hall–Kier alpha value is -1.13. The third-order valence-corrected chi connectivity index (χ3v) is 2.27. The molecule has 0 N–H and O–H groups in total. The topological polar surface area (TPSA) is 25.8 Å². The molecule has 0 saturated carbocycles. The fourth-order valence-electron chi connectivity index (χ4n) is 1.93. The Kier molecular flexibility index (Phi) is 3.00. The van der Waals surface area contributed by atoms with Gasteiger partial charge in [-0.25, -0.2) is 9.97 Å². The van der Waals surface area contributed by atoms with Gasteiger partial charge in [-0.05, 0) is 19.3 Å². The van der Waals surface area contributed by atoms with Gasteiger partial charge in [-0.15, -0.1) is 0 Å². The lowest BCUT2D eigenvalue weighted by molar-refractivity contribution is -0.145. The Labute approximate surface area is 92.9 Å². The summed E-state index contributed by atoms with van der Waals surface area (Å²) in [6, 6.07) is 0. The standard InChI is InChI=1S/C11H15F3N2/c1-6-8(10(3,4)5)7(2)16-9(15-6)11(12,13)14/h1-5H3. The molecule has 1 aromatic heterocycles. The molecule has 0 aliphatic rings. The first-order chi connectivity index (χ1) is 7.03. The van der Waals surface area contributed by atoms with Gasteiger partial charge in [0.1, 0.15) is 0 Å². The number of rotatable bonds is 0. The zero-order valence-electron chi connectivity index (χ0n) is 10.0. The van der Waals surface area contributed by atoms with Crippen LogP contribution in [0.5, 0.6) is 0 Å². The van der Waals surface area contributed by atoms with Gasteiger partial charge in [0.05, 0.1) is 0 Å². The Morgan fingerprint density at radius 3 is 1.50 bits per heavy atom. The molecular weight excluding hydrogens is 217 g/mol. The van der Waals surface area contributed by atoms with Crippen molar-refractivity contribution in [2.75, 3.05) is 0 Å². The van der Waals surface area contributed by atoms with E-state index in [1.165, 1.54) is 0 Å². The zero-order valence-corrected chi connectivity index (χ0v) is 10.0. The van der Waals surface area contributed by atoms with E-state index in [1.807, 2.05) is 20.8 Å². The molecule has 1 heterocycles. The maximum Gasteiger partial charge on any atom is 0.451 e. The van der Waals surface area contributed by atoms with Gasteiger partial charge in [0, 0.05) is 17.0 Å². The number of alkyl halides is 3. The summed E-state index contributed by atoms with van der Waals surface area (Å²) in [6.07, 6.45) is -4.48. The molecule has 0 aliphatic heterocycles. The maximum absolute atomic E-state index is 12.5. The second kappa shape index (κ2) is 3.71. The van der Waals surface area contributed by atoms with Crippen molar-refractivity contribution in [1.29, 1.82) is 0 Å². The van der Waals surface area contributed by atoms with Crippen LogP contribution >= 0.6 is 0 Å². The van der Waals surface area contributed by atoms with E-state index in [9.17, 15) is 13.2 Å². The highest BCUT2D eigenvalue weighted by molar-refractivity contribution is 5.31. The number of hydrogen-bond donors (Lipinski definition) is 0. The highest BCUT2D eigenvalue weighted by Crippen LogP contribution is 2.31. The van der Waals surface area contributed by atoms with Crippen molar-refractivity contribution in [3.8, 4) is 0 Å². The first-order valence-corrected chi connectivity index (χ1v) is 4.96. The van der Waals surface area contributed by atoms with Gasteiger partial charge in [0.25, 0.3) is 0 Å². The second-order valence-electron chi connectivity index (χ2n) is 4.84. The molecule has 0 bridgehead atoms. The van der Waals surface area contributed by atoms with Crippen molar-refractivity contribution in [2.24, 2.45) is 0 Å². The quantitative estimate of drug-likeness (QED) is 0.685. The Balaban J connectivity index is 3.41. The van der Waals surface area contributed by atoms with Crippen LogP contribution in [0.3, 0.4) is 0 Å². The molecule has 0 spiro atoms. The summed E-state index contributed by atoms with van der Waals surface area (Å²) in [5.41, 5.74) is 1.32. The average Bonchev–Trinajstić information content (AvgIpc) is 1.97. The highest BCUT2D eigenvalue weighted by Gasteiger charge is 2.36. The molecule has 0 fully saturated rings. The molecule has 5 heteroatoms. The molecule has 1 rings (SSSR count). The minimum absolute atomic E-state index is 0.252. The summed E-state index contributed by atoms with van der Waals surface area (Å²) in [4.78, 5) is 7.07. The van der Waals surface area contributed by atoms with Crippen molar-refractivity contribution in [3.05, 3.63) is 22.8 Å². The van der Waals surface area contributed by atoms with Crippen molar-refractivity contribution in [3.63, 3.8) is 0 Å². The Morgan fingerprint density at radius 1 is 0.875 bits per heavy atom. The molecule has 16 heavy (non-hydrogen) atoms. The summed E-state index contributed by atoms with van der Waals surface area (Å²) >= 11 is 0. The summed E-state index contributed by atoms with van der Waals surface area (Å²) in [5, 5.41) is 0. The van der Waals surface area contributed by atoms with Gasteiger partial charge in [-0.1, -0.05) is 20.8 Å². The van der Waals surface area contributed by atoms with Crippen LogP contribution in [0.15, 0.2) is 0 Å². The predicted molar refractivity (Wildman–Crippen MR) is 55.2 cm³/mol. The Bertz CT molecular complexity index is 380. The molecule has 2 nitrogen and oxygen atoms in total. The van der Waals surface area contributed by atoms with E-state index in [1.54, 1.807) is 13.8 Å². The van der Waals surface area contributed by atoms with E-state index in [-0.39, 0.29) is 5.41 Å². The Morgan fingerprint density at radius 2 is 1.25 bits per heavy atom. The third-order valence-electron chi connectivity index (χ3n) is 2.27. The van der Waals surface area contributed by atoms with Crippen LogP contribution < -0.4 is 0 Å². The first-order valence-electron chi connectivity index (χ1n) is 4.96. The van der Waals surface area contributed by atoms with Crippen LogP contribution in [0.2, 0.25) is 0 Å². The van der Waals surface area contributed by atoms with Crippen molar-refractivity contribution in [1.82, 2.24) is 9.97 Å². The summed E-state index contributed by atoms with van der Waals surface area (Å²) < 4.78 is 37.4. The summed E-state index contributed by atoms with van der Waals surface area (Å²) in [5.74, 6) is -1.06. The van der Waals surface area contributed by atoms with Gasteiger partial charge in [-0.3, -0.25) is 0 Å². The van der Waals surface area contributed by atoms with Gasteiger partial charge >= 0.3 is 6.18 Å². The van der Waals surface area contributed by atoms with E-state index in [2.05, 4.69) is 9.97 Å². The van der Waals surface area contributed by atoms with Crippen LogP contribution in [-0.2, 0) is 11.6 Å². The van der Waals surface area contributed by atoms with E-state index in [0.29, 0.717) is 11.4 Å². The van der Waals surface area contributed by atoms with Gasteiger partial charge in [0.15, 0.2) is 0 Å². The van der Waals surface area contributed by atoms with Crippen LogP contribution in [0.25, 0.3) is 0 Å². The van der Waals surface area contributed by atoms with Crippen LogP contribution in [0.4, 0.5) is 13.2 Å². The van der Waals surface area contributed by atoms with Crippen molar-refractivity contribution >= 4 is 0 Å². The molecule has 0 aliphatic carbocycles. The van der Waals surface area contributed by atoms with Crippen LogP contribution in [0, 0.1) is 13.8 Å². The second-order valence-corrected chi connectivity index (χ2v) is 4.84. The van der Waals surface area contributed by atoms with E-state index in [0.717, 1.165) is 5.56 Å². The lowest BCUT2D eigenvalue weighted by Gasteiger charge is -2.23. The van der Waals surface area contributed by atoms with Crippen molar-refractivity contribution < 1.29 is 13.2 Å². The van der Waals surface area contributed by atoms with Crippen LogP contribution in [-0.4, -0.2) is 9.97 Å². The SMILES string of the molecule is Cc1nc(C(F)(F)F)nc(C)c1C(C)(C)C. The fourth-order valence-corrected chi connectivity index (χ4v) is 1.93. The molecule has 1 aromatic rings. The fraction of sp³-hybridized carbons (Fsp3) is 0.636. The van der Waals surface area contributed by atoms with E-state index in [4.69, 9.17) is 0 Å². The molecule has 0 aromatic carbocycles. The molecule has 90 valence electrons. The summed E-state index contributed by atoms with van der Waals surface area (Å²) in [6.45, 7) is 8.96. The number of aromatic nitrogens is 2. The lowest BCUT2D eigenvalue weighted by Crippen LogP contribution is -2.21. The van der Waals surface area contributed by atoms with Gasteiger partial charge in [0.2, 0.25) is 5.82 Å². The van der Waals surface area contributed by atoms with Crippen molar-refractivity contribution in [2.45, 2.75) is 46.2 Å². The third kappa shape index (κ3) is 2.51. The molecular formula is C11H15F3N2. The van der Waals surface area contributed by atoms with Gasteiger partial charge < -0.3 is 0 Å². The lowest BCUT2D eigenvalue weighted by atomic mass is 9.85. The van der Waals surface area contributed by atoms with Crippen LogP contribution in [0.1, 0.15) is 43.5 Å². The minimum atomic E-state index is -4.48. The number of hydrogen-bond acceptors (Lipinski definition) is 2. The monoisotopic (exact) mass is 232 g/mol. The minimum Gasteiger partial charge on any atom is -0.229 e. The largest absolute Gasteiger partial charge is 0.451 e. The average molecular weight is 232 g/mol. The normalized spacial score (nSPS) is 13.0.